The van der Waals surface area contributed by atoms with E-state index in [1.807, 2.05) is 18.3 Å². The smallest absolute Gasteiger partial charge is 0.147 e. The lowest BCUT2D eigenvalue weighted by molar-refractivity contribution is 0.484. The van der Waals surface area contributed by atoms with Crippen molar-refractivity contribution in [1.82, 2.24) is 10.3 Å². The van der Waals surface area contributed by atoms with Crippen LogP contribution in [0.4, 0.5) is 0 Å². The molecule has 1 rings (SSSR count). The average molecular weight is 270 g/mol. The fraction of sp³-hybridized carbons (Fsp3) is 0.615. The molecule has 0 fully saturated rings. The second-order valence-corrected chi connectivity index (χ2v) is 6.85. The highest BCUT2D eigenvalue weighted by Gasteiger charge is 2.10. The van der Waals surface area contributed by atoms with Gasteiger partial charge in [0.1, 0.15) is 9.84 Å². The van der Waals surface area contributed by atoms with Crippen LogP contribution >= 0.6 is 0 Å². The molecule has 0 saturated carbocycles. The molecule has 1 aromatic rings. The first-order valence-electron chi connectivity index (χ1n) is 6.31. The molecule has 0 saturated heterocycles. The Morgan fingerprint density at radius 2 is 2.22 bits per heavy atom. The molecule has 1 atom stereocenters. The molecule has 0 aliphatic heterocycles. The van der Waals surface area contributed by atoms with Gasteiger partial charge in [-0.05, 0) is 37.4 Å². The number of hydrogen-bond donors (Lipinski definition) is 1. The summed E-state index contributed by atoms with van der Waals surface area (Å²) in [6.45, 7) is 2.95. The first-order valence-corrected chi connectivity index (χ1v) is 8.37. The molecule has 1 heterocycles. The number of hydrogen-bond acceptors (Lipinski definition) is 4. The highest BCUT2D eigenvalue weighted by Crippen LogP contribution is 2.07. The standard InChI is InChI=1S/C13H22N2O2S/c1-3-15-13(7-5-9-18(2,16)17)10-12-6-4-8-14-11-12/h4,6,8,11,13,15H,3,5,7,9-10H2,1-2H3. The van der Waals surface area contributed by atoms with Crippen LogP contribution in [-0.4, -0.2) is 38.0 Å². The lowest BCUT2D eigenvalue weighted by Crippen LogP contribution is -2.31. The van der Waals surface area contributed by atoms with E-state index in [0.29, 0.717) is 12.5 Å². The molecular weight excluding hydrogens is 248 g/mol. The Hall–Kier alpha value is -0.940. The number of nitrogens with zero attached hydrogens (tertiary/aromatic N) is 1. The second-order valence-electron chi connectivity index (χ2n) is 4.59. The third kappa shape index (κ3) is 6.71. The van der Waals surface area contributed by atoms with Gasteiger partial charge in [-0.25, -0.2) is 8.42 Å². The van der Waals surface area contributed by atoms with Gasteiger partial charge in [-0.3, -0.25) is 4.98 Å². The molecule has 18 heavy (non-hydrogen) atoms. The van der Waals surface area contributed by atoms with Gasteiger partial charge in [0.15, 0.2) is 0 Å². The largest absolute Gasteiger partial charge is 0.314 e. The maximum atomic E-state index is 11.1. The lowest BCUT2D eigenvalue weighted by atomic mass is 10.0. The highest BCUT2D eigenvalue weighted by atomic mass is 32.2. The normalized spacial score (nSPS) is 13.4. The van der Waals surface area contributed by atoms with Crippen molar-refractivity contribution in [2.45, 2.75) is 32.2 Å². The van der Waals surface area contributed by atoms with Crippen molar-refractivity contribution in [3.8, 4) is 0 Å². The van der Waals surface area contributed by atoms with Crippen LogP contribution < -0.4 is 5.32 Å². The zero-order chi connectivity index (χ0) is 13.4. The molecule has 1 unspecified atom stereocenters. The summed E-state index contributed by atoms with van der Waals surface area (Å²) in [7, 11) is -2.85. The Bertz CT molecular complexity index is 432. The van der Waals surface area contributed by atoms with Crippen LogP contribution in [0.3, 0.4) is 0 Å². The van der Waals surface area contributed by atoms with Crippen molar-refractivity contribution in [2.24, 2.45) is 0 Å². The topological polar surface area (TPSA) is 59.1 Å². The van der Waals surface area contributed by atoms with Gasteiger partial charge in [0.25, 0.3) is 0 Å². The van der Waals surface area contributed by atoms with E-state index in [1.54, 1.807) is 6.20 Å². The monoisotopic (exact) mass is 270 g/mol. The Labute approximate surface area is 110 Å². The van der Waals surface area contributed by atoms with Gasteiger partial charge in [0, 0.05) is 30.4 Å². The number of sulfone groups is 1. The summed E-state index contributed by atoms with van der Waals surface area (Å²) in [5.74, 6) is 0.266. The number of rotatable bonds is 8. The van der Waals surface area contributed by atoms with Gasteiger partial charge in [-0.2, -0.15) is 0 Å². The maximum Gasteiger partial charge on any atom is 0.147 e. The van der Waals surface area contributed by atoms with Crippen LogP contribution in [0.2, 0.25) is 0 Å². The van der Waals surface area contributed by atoms with Crippen molar-refractivity contribution >= 4 is 9.84 Å². The van der Waals surface area contributed by atoms with Crippen molar-refractivity contribution in [3.63, 3.8) is 0 Å². The van der Waals surface area contributed by atoms with Crippen LogP contribution in [0.5, 0.6) is 0 Å². The molecule has 0 amide bonds. The van der Waals surface area contributed by atoms with Crippen LogP contribution in [0.25, 0.3) is 0 Å². The van der Waals surface area contributed by atoms with Crippen molar-refractivity contribution < 1.29 is 8.42 Å². The summed E-state index contributed by atoms with van der Waals surface area (Å²) in [5.41, 5.74) is 1.18. The van der Waals surface area contributed by atoms with E-state index < -0.39 is 9.84 Å². The van der Waals surface area contributed by atoms with Gasteiger partial charge >= 0.3 is 0 Å². The quantitative estimate of drug-likeness (QED) is 0.776. The Balaban J connectivity index is 2.45. The molecule has 5 heteroatoms. The summed E-state index contributed by atoms with van der Waals surface area (Å²) in [4.78, 5) is 4.09. The second kappa shape index (κ2) is 7.48. The molecule has 1 N–H and O–H groups in total. The van der Waals surface area contributed by atoms with E-state index >= 15 is 0 Å². The van der Waals surface area contributed by atoms with E-state index in [4.69, 9.17) is 0 Å². The van der Waals surface area contributed by atoms with E-state index in [0.717, 1.165) is 19.4 Å². The minimum Gasteiger partial charge on any atom is -0.314 e. The lowest BCUT2D eigenvalue weighted by Gasteiger charge is -2.17. The predicted molar refractivity (Wildman–Crippen MR) is 74.4 cm³/mol. The van der Waals surface area contributed by atoms with Crippen molar-refractivity contribution in [1.29, 1.82) is 0 Å². The molecule has 0 aromatic carbocycles. The van der Waals surface area contributed by atoms with Crippen molar-refractivity contribution in [3.05, 3.63) is 30.1 Å². The summed E-state index contributed by atoms with van der Waals surface area (Å²) in [5, 5.41) is 3.39. The first-order chi connectivity index (χ1) is 8.51. The molecule has 0 bridgehead atoms. The SMILES string of the molecule is CCNC(CCCS(C)(=O)=O)Cc1cccnc1. The molecule has 1 aromatic heterocycles. The molecule has 0 spiro atoms. The van der Waals surface area contributed by atoms with Gasteiger partial charge in [-0.1, -0.05) is 13.0 Å². The summed E-state index contributed by atoms with van der Waals surface area (Å²) >= 11 is 0. The summed E-state index contributed by atoms with van der Waals surface area (Å²) in [6, 6.07) is 4.30. The van der Waals surface area contributed by atoms with Crippen LogP contribution in [0, 0.1) is 0 Å². The Morgan fingerprint density at radius 3 is 2.78 bits per heavy atom. The molecule has 0 aliphatic carbocycles. The molecule has 4 nitrogen and oxygen atoms in total. The minimum atomic E-state index is -2.85. The maximum absolute atomic E-state index is 11.1. The van der Waals surface area contributed by atoms with Gasteiger partial charge < -0.3 is 5.32 Å². The van der Waals surface area contributed by atoms with Gasteiger partial charge in [0.05, 0.1) is 0 Å². The minimum absolute atomic E-state index is 0.266. The molecular formula is C13H22N2O2S. The number of pyridine rings is 1. The third-order valence-corrected chi connectivity index (χ3v) is 3.80. The van der Waals surface area contributed by atoms with Crippen LogP contribution in [0.1, 0.15) is 25.3 Å². The summed E-state index contributed by atoms with van der Waals surface area (Å²) < 4.78 is 22.2. The predicted octanol–water partition coefficient (Wildman–Crippen LogP) is 1.43. The fourth-order valence-corrected chi connectivity index (χ4v) is 2.65. The molecule has 0 aliphatic rings. The number of aromatic nitrogens is 1. The van der Waals surface area contributed by atoms with Gasteiger partial charge in [-0.15, -0.1) is 0 Å². The number of nitrogens with one attached hydrogen (secondary N) is 1. The van der Waals surface area contributed by atoms with E-state index in [2.05, 4.69) is 17.2 Å². The Morgan fingerprint density at radius 1 is 1.44 bits per heavy atom. The first kappa shape index (κ1) is 15.1. The van der Waals surface area contributed by atoms with Crippen LogP contribution in [0.15, 0.2) is 24.5 Å². The molecule has 102 valence electrons. The van der Waals surface area contributed by atoms with E-state index in [9.17, 15) is 8.42 Å². The summed E-state index contributed by atoms with van der Waals surface area (Å²) in [6.07, 6.45) is 7.38. The fourth-order valence-electron chi connectivity index (χ4n) is 1.96. The zero-order valence-corrected chi connectivity index (χ0v) is 11.9. The van der Waals surface area contributed by atoms with E-state index in [-0.39, 0.29) is 5.75 Å². The zero-order valence-electron chi connectivity index (χ0n) is 11.1. The highest BCUT2D eigenvalue weighted by molar-refractivity contribution is 7.90. The van der Waals surface area contributed by atoms with Crippen LogP contribution in [-0.2, 0) is 16.3 Å². The number of likely N-dealkylation sites (N-methyl/N-ethyl adjacent to an activating group) is 1. The Kier molecular flexibility index (Phi) is 6.29. The third-order valence-electron chi connectivity index (χ3n) is 2.77. The van der Waals surface area contributed by atoms with Crippen molar-refractivity contribution in [2.75, 3.05) is 18.6 Å². The average Bonchev–Trinajstić information content (AvgIpc) is 2.29. The van der Waals surface area contributed by atoms with E-state index in [1.165, 1.54) is 11.8 Å². The van der Waals surface area contributed by atoms with Gasteiger partial charge in [0.2, 0.25) is 0 Å². The molecule has 0 radical (unpaired) electrons.